The van der Waals surface area contributed by atoms with Crippen LogP contribution >= 0.6 is 0 Å². The van der Waals surface area contributed by atoms with Gasteiger partial charge in [-0.15, -0.1) is 0 Å². The molecule has 1 aliphatic rings. The number of hydrogen-bond acceptors (Lipinski definition) is 5. The zero-order valence-corrected chi connectivity index (χ0v) is 11.3. The highest BCUT2D eigenvalue weighted by atomic mass is 16.5. The lowest BCUT2D eigenvalue weighted by Crippen LogP contribution is -2.25. The van der Waals surface area contributed by atoms with Crippen molar-refractivity contribution in [1.29, 1.82) is 5.26 Å². The van der Waals surface area contributed by atoms with Crippen LogP contribution in [0, 0.1) is 18.3 Å². The second-order valence-electron chi connectivity index (χ2n) is 4.82. The molecule has 2 aromatic rings. The molecule has 21 heavy (non-hydrogen) atoms. The third-order valence-electron chi connectivity index (χ3n) is 3.47. The van der Waals surface area contributed by atoms with Crippen LogP contribution in [-0.4, -0.2) is 0 Å². The van der Waals surface area contributed by atoms with Crippen molar-refractivity contribution in [2.24, 2.45) is 5.73 Å². The van der Waals surface area contributed by atoms with Crippen molar-refractivity contribution in [1.82, 2.24) is 0 Å². The van der Waals surface area contributed by atoms with Gasteiger partial charge in [-0.25, -0.2) is 4.79 Å². The Morgan fingerprint density at radius 1 is 1.24 bits per heavy atom. The fraction of sp³-hybridized carbons (Fsp3) is 0.125. The molecule has 2 heterocycles. The molecule has 0 saturated heterocycles. The van der Waals surface area contributed by atoms with Crippen molar-refractivity contribution in [2.45, 2.75) is 12.8 Å². The minimum Gasteiger partial charge on any atom is -0.440 e. The van der Waals surface area contributed by atoms with Crippen LogP contribution < -0.4 is 16.1 Å². The maximum atomic E-state index is 12.1. The third kappa shape index (κ3) is 2.07. The largest absolute Gasteiger partial charge is 0.440 e. The van der Waals surface area contributed by atoms with Crippen LogP contribution in [0.5, 0.6) is 5.75 Å². The number of nitriles is 1. The van der Waals surface area contributed by atoms with Gasteiger partial charge in [-0.1, -0.05) is 29.8 Å². The monoisotopic (exact) mass is 280 g/mol. The molecule has 0 fully saturated rings. The standard InChI is InChI=1S/C16H12N2O3/c1-9-2-4-10(5-3-9)13-11(8-17)15(18)21-12-6-7-20-16(19)14(12)13/h2-7,13H,18H2,1H3. The lowest BCUT2D eigenvalue weighted by molar-refractivity contribution is 0.376. The predicted molar refractivity (Wildman–Crippen MR) is 75.5 cm³/mol. The number of benzene rings is 1. The first-order valence-electron chi connectivity index (χ1n) is 6.37. The molecular formula is C16H12N2O3. The molecule has 0 aliphatic carbocycles. The number of allylic oxidation sites excluding steroid dienone is 1. The van der Waals surface area contributed by atoms with E-state index in [-0.39, 0.29) is 11.5 Å². The Hall–Kier alpha value is -3.00. The van der Waals surface area contributed by atoms with Crippen molar-refractivity contribution >= 4 is 0 Å². The molecule has 1 aliphatic heterocycles. The van der Waals surface area contributed by atoms with Crippen molar-refractivity contribution in [3.8, 4) is 11.8 Å². The fourth-order valence-corrected chi connectivity index (χ4v) is 2.43. The van der Waals surface area contributed by atoms with Gasteiger partial charge in [-0.3, -0.25) is 0 Å². The van der Waals surface area contributed by atoms with Crippen LogP contribution in [0.3, 0.4) is 0 Å². The molecule has 0 saturated carbocycles. The minimum atomic E-state index is -0.572. The van der Waals surface area contributed by atoms with Crippen molar-refractivity contribution < 1.29 is 9.15 Å². The molecule has 0 bridgehead atoms. The van der Waals surface area contributed by atoms with Crippen LogP contribution in [0.4, 0.5) is 0 Å². The Labute approximate surface area is 120 Å². The summed E-state index contributed by atoms with van der Waals surface area (Å²) in [7, 11) is 0. The normalized spacial score (nSPS) is 16.9. The van der Waals surface area contributed by atoms with E-state index in [4.69, 9.17) is 14.9 Å². The summed E-state index contributed by atoms with van der Waals surface area (Å²) in [5.74, 6) is -0.230. The molecule has 5 heteroatoms. The summed E-state index contributed by atoms with van der Waals surface area (Å²) in [5.41, 5.74) is 7.68. The van der Waals surface area contributed by atoms with E-state index in [1.165, 1.54) is 12.3 Å². The molecule has 0 amide bonds. The van der Waals surface area contributed by atoms with Gasteiger partial charge >= 0.3 is 5.63 Å². The topological polar surface area (TPSA) is 89.2 Å². The van der Waals surface area contributed by atoms with E-state index in [1.54, 1.807) is 0 Å². The van der Waals surface area contributed by atoms with E-state index in [1.807, 2.05) is 37.3 Å². The second-order valence-corrected chi connectivity index (χ2v) is 4.82. The zero-order chi connectivity index (χ0) is 15.0. The van der Waals surface area contributed by atoms with E-state index in [2.05, 4.69) is 0 Å². The van der Waals surface area contributed by atoms with E-state index >= 15 is 0 Å². The molecule has 1 aromatic heterocycles. The molecule has 5 nitrogen and oxygen atoms in total. The molecular weight excluding hydrogens is 268 g/mol. The Bertz CT molecular complexity index is 826. The van der Waals surface area contributed by atoms with Crippen LogP contribution in [0.25, 0.3) is 0 Å². The highest BCUT2D eigenvalue weighted by Crippen LogP contribution is 2.39. The molecule has 104 valence electrons. The smallest absolute Gasteiger partial charge is 0.343 e. The summed E-state index contributed by atoms with van der Waals surface area (Å²) in [6.07, 6.45) is 1.25. The zero-order valence-electron chi connectivity index (χ0n) is 11.3. The van der Waals surface area contributed by atoms with Gasteiger partial charge < -0.3 is 14.9 Å². The summed E-state index contributed by atoms with van der Waals surface area (Å²) >= 11 is 0. The molecule has 3 rings (SSSR count). The summed E-state index contributed by atoms with van der Waals surface area (Å²) < 4.78 is 10.3. The maximum absolute atomic E-state index is 12.1. The Balaban J connectivity index is 2.28. The highest BCUT2D eigenvalue weighted by molar-refractivity contribution is 5.54. The molecule has 2 N–H and O–H groups in total. The molecule has 0 spiro atoms. The van der Waals surface area contributed by atoms with Crippen molar-refractivity contribution in [2.75, 3.05) is 0 Å². The first kappa shape index (κ1) is 13.0. The predicted octanol–water partition coefficient (Wildman–Crippen LogP) is 2.17. The maximum Gasteiger partial charge on any atom is 0.343 e. The van der Waals surface area contributed by atoms with Crippen LogP contribution in [0.2, 0.25) is 0 Å². The van der Waals surface area contributed by atoms with E-state index < -0.39 is 11.5 Å². The highest BCUT2D eigenvalue weighted by Gasteiger charge is 2.33. The molecule has 0 radical (unpaired) electrons. The van der Waals surface area contributed by atoms with E-state index in [0.717, 1.165) is 11.1 Å². The van der Waals surface area contributed by atoms with E-state index in [9.17, 15) is 10.1 Å². The lowest BCUT2D eigenvalue weighted by atomic mass is 9.84. The summed E-state index contributed by atoms with van der Waals surface area (Å²) in [5, 5.41) is 9.36. The fourth-order valence-electron chi connectivity index (χ4n) is 2.43. The Morgan fingerprint density at radius 2 is 1.95 bits per heavy atom. The Kier molecular flexibility index (Phi) is 2.99. The van der Waals surface area contributed by atoms with Gasteiger partial charge in [0.05, 0.1) is 17.7 Å². The van der Waals surface area contributed by atoms with Gasteiger partial charge in [-0.2, -0.15) is 5.26 Å². The van der Waals surface area contributed by atoms with Gasteiger partial charge in [0, 0.05) is 6.07 Å². The molecule has 1 aromatic carbocycles. The number of ether oxygens (including phenoxy) is 1. The first-order valence-corrected chi connectivity index (χ1v) is 6.37. The van der Waals surface area contributed by atoms with Crippen molar-refractivity contribution in [3.63, 3.8) is 0 Å². The van der Waals surface area contributed by atoms with Crippen LogP contribution in [0.15, 0.2) is 57.3 Å². The first-order chi connectivity index (χ1) is 10.1. The second kappa shape index (κ2) is 4.84. The van der Waals surface area contributed by atoms with Gasteiger partial charge in [0.2, 0.25) is 5.88 Å². The van der Waals surface area contributed by atoms with Gasteiger partial charge in [-0.05, 0) is 12.5 Å². The number of fused-ring (bicyclic) bond motifs is 1. The number of rotatable bonds is 1. The summed E-state index contributed by atoms with van der Waals surface area (Å²) in [4.78, 5) is 12.1. The summed E-state index contributed by atoms with van der Waals surface area (Å²) in [6.45, 7) is 1.96. The number of nitrogens with two attached hydrogens (primary N) is 1. The number of hydrogen-bond donors (Lipinski definition) is 1. The van der Waals surface area contributed by atoms with Gasteiger partial charge in [0.1, 0.15) is 17.4 Å². The average Bonchev–Trinajstić information content (AvgIpc) is 2.47. The lowest BCUT2D eigenvalue weighted by Gasteiger charge is -2.24. The van der Waals surface area contributed by atoms with Gasteiger partial charge in [0.15, 0.2) is 0 Å². The molecule has 1 unspecified atom stereocenters. The van der Waals surface area contributed by atoms with Crippen molar-refractivity contribution in [3.05, 3.63) is 75.2 Å². The third-order valence-corrected chi connectivity index (χ3v) is 3.47. The SMILES string of the molecule is Cc1ccc(C2C(C#N)=C(N)Oc3ccoc(=O)c32)cc1. The summed E-state index contributed by atoms with van der Waals surface area (Å²) in [6, 6.07) is 11.1. The van der Waals surface area contributed by atoms with Crippen LogP contribution in [0.1, 0.15) is 22.6 Å². The molecule has 1 atom stereocenters. The average molecular weight is 280 g/mol. The minimum absolute atomic E-state index is 0.0150. The van der Waals surface area contributed by atoms with E-state index in [0.29, 0.717) is 11.3 Å². The Morgan fingerprint density at radius 3 is 2.62 bits per heavy atom. The number of nitrogens with zero attached hydrogens (tertiary/aromatic N) is 1. The van der Waals surface area contributed by atoms with Crippen LogP contribution in [-0.2, 0) is 0 Å². The van der Waals surface area contributed by atoms with Gasteiger partial charge in [0.25, 0.3) is 0 Å². The quantitative estimate of drug-likeness (QED) is 0.864. The number of aryl methyl sites for hydroxylation is 1.